The van der Waals surface area contributed by atoms with Crippen LogP contribution in [0, 0.1) is 29.3 Å². The second-order valence-corrected chi connectivity index (χ2v) is 8.99. The summed E-state index contributed by atoms with van der Waals surface area (Å²) in [6.45, 7) is 2.06. The zero-order chi connectivity index (χ0) is 23.0. The van der Waals surface area contributed by atoms with Gasteiger partial charge in [0.05, 0.1) is 5.56 Å². The molecule has 4 rings (SSSR count). The molecule has 0 spiro atoms. The van der Waals surface area contributed by atoms with Gasteiger partial charge in [-0.2, -0.15) is 13.2 Å². The Kier molecular flexibility index (Phi) is 6.42. The third kappa shape index (κ3) is 4.33. The van der Waals surface area contributed by atoms with Gasteiger partial charge in [-0.25, -0.2) is 13.2 Å². The molecule has 6 heteroatoms. The van der Waals surface area contributed by atoms with Gasteiger partial charge in [-0.05, 0) is 90.7 Å². The van der Waals surface area contributed by atoms with Crippen LogP contribution in [0.1, 0.15) is 73.1 Å². The van der Waals surface area contributed by atoms with Gasteiger partial charge in [-0.3, -0.25) is 0 Å². The molecule has 4 atom stereocenters. The monoisotopic (exact) mass is 452 g/mol. The summed E-state index contributed by atoms with van der Waals surface area (Å²) < 4.78 is 82.2. The molecule has 0 radical (unpaired) electrons. The van der Waals surface area contributed by atoms with Gasteiger partial charge < -0.3 is 0 Å². The second kappa shape index (κ2) is 8.95. The van der Waals surface area contributed by atoms with E-state index in [0.29, 0.717) is 29.5 Å². The predicted octanol–water partition coefficient (Wildman–Crippen LogP) is 8.32. The lowest BCUT2D eigenvalue weighted by Crippen LogP contribution is -2.35. The van der Waals surface area contributed by atoms with Crippen LogP contribution in [0.5, 0.6) is 0 Å². The number of benzene rings is 2. The van der Waals surface area contributed by atoms with E-state index in [9.17, 15) is 26.3 Å². The van der Waals surface area contributed by atoms with Crippen LogP contribution in [0.2, 0.25) is 0 Å². The van der Waals surface area contributed by atoms with E-state index >= 15 is 0 Å². The molecule has 4 unspecified atom stereocenters. The van der Waals surface area contributed by atoms with Crippen molar-refractivity contribution in [3.63, 3.8) is 0 Å². The molecule has 172 valence electrons. The molecule has 32 heavy (non-hydrogen) atoms. The molecule has 2 aliphatic rings. The van der Waals surface area contributed by atoms with Crippen LogP contribution in [0.25, 0.3) is 0 Å². The molecular formula is C26H26F6. The van der Waals surface area contributed by atoms with Gasteiger partial charge in [0.15, 0.2) is 0 Å². The number of allylic oxidation sites excluding steroid dienone is 2. The van der Waals surface area contributed by atoms with E-state index in [1.165, 1.54) is 12.1 Å². The Morgan fingerprint density at radius 3 is 2.44 bits per heavy atom. The quantitative estimate of drug-likeness (QED) is 0.323. The molecule has 1 saturated carbocycles. The summed E-state index contributed by atoms with van der Waals surface area (Å²) in [6, 6.07) is 5.50. The molecule has 0 saturated heterocycles. The third-order valence-corrected chi connectivity index (χ3v) is 7.09. The fraction of sp³-hybridized carbons (Fsp3) is 0.462. The lowest BCUT2D eigenvalue weighted by Gasteiger charge is -2.46. The van der Waals surface area contributed by atoms with Crippen molar-refractivity contribution in [3.05, 3.63) is 82.2 Å². The molecule has 2 aliphatic carbocycles. The first-order chi connectivity index (χ1) is 15.2. The highest BCUT2D eigenvalue weighted by Crippen LogP contribution is 2.54. The van der Waals surface area contributed by atoms with Crippen molar-refractivity contribution >= 4 is 0 Å². The van der Waals surface area contributed by atoms with Gasteiger partial charge in [-0.15, -0.1) is 0 Å². The summed E-state index contributed by atoms with van der Waals surface area (Å²) in [5.74, 6) is -2.73. The number of unbranched alkanes of at least 4 members (excludes halogenated alkanes) is 1. The van der Waals surface area contributed by atoms with Crippen molar-refractivity contribution < 1.29 is 26.3 Å². The molecule has 0 aromatic heterocycles. The fourth-order valence-electron chi connectivity index (χ4n) is 5.75. The Morgan fingerprint density at radius 2 is 1.75 bits per heavy atom. The van der Waals surface area contributed by atoms with E-state index in [0.717, 1.165) is 43.9 Å². The van der Waals surface area contributed by atoms with E-state index < -0.39 is 29.2 Å². The van der Waals surface area contributed by atoms with E-state index in [1.807, 2.05) is 0 Å². The van der Waals surface area contributed by atoms with Crippen molar-refractivity contribution in [1.82, 2.24) is 0 Å². The first-order valence-electron chi connectivity index (χ1n) is 11.2. The van der Waals surface area contributed by atoms with Crippen LogP contribution in [0.15, 0.2) is 42.5 Å². The van der Waals surface area contributed by atoms with Crippen molar-refractivity contribution in [1.29, 1.82) is 0 Å². The van der Waals surface area contributed by atoms with Crippen LogP contribution in [0.4, 0.5) is 26.3 Å². The Morgan fingerprint density at radius 1 is 0.969 bits per heavy atom. The smallest absolute Gasteiger partial charge is 0.207 e. The maximum atomic E-state index is 14.5. The Labute approximate surface area is 184 Å². The van der Waals surface area contributed by atoms with E-state index in [-0.39, 0.29) is 23.7 Å². The summed E-state index contributed by atoms with van der Waals surface area (Å²) in [4.78, 5) is 0. The topological polar surface area (TPSA) is 0 Å². The summed E-state index contributed by atoms with van der Waals surface area (Å²) in [5, 5.41) is 0. The van der Waals surface area contributed by atoms with Crippen molar-refractivity contribution in [2.45, 2.75) is 63.5 Å². The molecule has 2 aromatic rings. The normalized spacial score (nSPS) is 25.6. The molecule has 2 aromatic carbocycles. The minimum absolute atomic E-state index is 0.0233. The second-order valence-electron chi connectivity index (χ2n) is 8.99. The number of hydrogen-bond acceptors (Lipinski definition) is 0. The van der Waals surface area contributed by atoms with Crippen molar-refractivity contribution in [3.8, 4) is 0 Å². The number of hydrogen-bond donors (Lipinski definition) is 0. The first kappa shape index (κ1) is 22.9. The molecule has 0 nitrogen and oxygen atoms in total. The summed E-state index contributed by atoms with van der Waals surface area (Å²) in [6.07, 6.45) is 3.82. The molecular weight excluding hydrogens is 426 g/mol. The lowest BCUT2D eigenvalue weighted by atomic mass is 9.58. The maximum Gasteiger partial charge on any atom is 0.419 e. The number of alkyl halides is 3. The molecule has 1 fully saturated rings. The van der Waals surface area contributed by atoms with Crippen LogP contribution >= 0.6 is 0 Å². The number of rotatable bonds is 4. The highest BCUT2D eigenvalue weighted by molar-refractivity contribution is 5.39. The van der Waals surface area contributed by atoms with Gasteiger partial charge in [-0.1, -0.05) is 31.6 Å². The van der Waals surface area contributed by atoms with Crippen LogP contribution in [0.3, 0.4) is 0 Å². The minimum Gasteiger partial charge on any atom is -0.207 e. The van der Waals surface area contributed by atoms with E-state index in [1.54, 1.807) is 0 Å². The van der Waals surface area contributed by atoms with Crippen LogP contribution < -0.4 is 0 Å². The predicted molar refractivity (Wildman–Crippen MR) is 112 cm³/mol. The minimum atomic E-state index is -4.75. The third-order valence-electron chi connectivity index (χ3n) is 7.09. The summed E-state index contributed by atoms with van der Waals surface area (Å²) in [5.41, 5.74) is 0.443. The largest absolute Gasteiger partial charge is 0.419 e. The Hall–Kier alpha value is -2.24. The zero-order valence-corrected chi connectivity index (χ0v) is 17.9. The number of fused-ring (bicyclic) bond motifs is 3. The zero-order valence-electron chi connectivity index (χ0n) is 17.9. The average Bonchev–Trinajstić information content (AvgIpc) is 2.72. The fourth-order valence-corrected chi connectivity index (χ4v) is 5.75. The van der Waals surface area contributed by atoms with Gasteiger partial charge in [0, 0.05) is 6.07 Å². The Balaban J connectivity index is 1.76. The average molecular weight is 452 g/mol. The summed E-state index contributed by atoms with van der Waals surface area (Å²) in [7, 11) is 0. The van der Waals surface area contributed by atoms with Gasteiger partial charge >= 0.3 is 6.18 Å². The maximum absolute atomic E-state index is 14.5. The van der Waals surface area contributed by atoms with Crippen molar-refractivity contribution in [2.75, 3.05) is 0 Å². The highest BCUT2D eigenvalue weighted by Gasteiger charge is 2.44. The van der Waals surface area contributed by atoms with E-state index in [2.05, 4.69) is 19.1 Å². The summed E-state index contributed by atoms with van der Waals surface area (Å²) >= 11 is 0. The lowest BCUT2D eigenvalue weighted by molar-refractivity contribution is -0.140. The van der Waals surface area contributed by atoms with Crippen LogP contribution in [-0.2, 0) is 12.6 Å². The molecule has 0 aliphatic heterocycles. The molecule has 0 amide bonds. The van der Waals surface area contributed by atoms with E-state index in [4.69, 9.17) is 0 Å². The number of halogens is 6. The van der Waals surface area contributed by atoms with Gasteiger partial charge in [0.2, 0.25) is 0 Å². The Bertz CT molecular complexity index is 1010. The van der Waals surface area contributed by atoms with Gasteiger partial charge in [0.1, 0.15) is 17.5 Å². The SMILES string of the molecule is CCCC=CC1CCC2c3cc(F)cc(F)c3CCC2C1c1ccc(C(F)(F)F)c(F)c1. The molecule has 0 N–H and O–H groups in total. The highest BCUT2D eigenvalue weighted by atomic mass is 19.4. The molecule has 0 bridgehead atoms. The molecule has 0 heterocycles. The van der Waals surface area contributed by atoms with Crippen LogP contribution in [-0.4, -0.2) is 0 Å². The standard InChI is InChI=1S/C26H26F6/c1-2-3-4-5-15-6-8-18-20(10-9-19-21(18)13-17(27)14-23(19)28)25(15)16-7-11-22(24(29)12-16)26(30,31)32/h4-5,7,11-15,18,20,25H,2-3,6,8-10H2,1H3. The van der Waals surface area contributed by atoms with Gasteiger partial charge in [0.25, 0.3) is 0 Å². The first-order valence-corrected chi connectivity index (χ1v) is 11.2. The van der Waals surface area contributed by atoms with Crippen molar-refractivity contribution in [2.24, 2.45) is 11.8 Å².